The molecule has 2 atom stereocenters. The molecule has 1 aliphatic rings. The molecule has 0 aromatic heterocycles. The van der Waals surface area contributed by atoms with Gasteiger partial charge in [-0.25, -0.2) is 4.79 Å². The molecule has 1 heterocycles. The minimum Gasteiger partial charge on any atom is -0.465 e. The van der Waals surface area contributed by atoms with E-state index in [0.717, 1.165) is 10.5 Å². The Morgan fingerprint density at radius 3 is 2.82 bits per heavy atom. The van der Waals surface area contributed by atoms with E-state index >= 15 is 0 Å². The lowest BCUT2D eigenvalue weighted by molar-refractivity contribution is 0.0964. The number of ether oxygens (including phenoxy) is 3. The largest absolute Gasteiger partial charge is 0.465 e. The van der Waals surface area contributed by atoms with Crippen LogP contribution >= 0.6 is 15.9 Å². The molecule has 122 valence electrons. The van der Waals surface area contributed by atoms with Crippen molar-refractivity contribution in [2.24, 2.45) is 0 Å². The van der Waals surface area contributed by atoms with Gasteiger partial charge in [-0.05, 0) is 11.6 Å². The number of nitrogens with zero attached hydrogens (tertiary/aromatic N) is 1. The zero-order valence-corrected chi connectivity index (χ0v) is 13.9. The van der Waals surface area contributed by atoms with Gasteiger partial charge in [-0.15, -0.1) is 0 Å². The summed E-state index contributed by atoms with van der Waals surface area (Å²) in [6, 6.07) is 3.55. The van der Waals surface area contributed by atoms with Crippen LogP contribution in [0, 0.1) is 0 Å². The van der Waals surface area contributed by atoms with Crippen LogP contribution in [0.1, 0.15) is 23.3 Å². The van der Waals surface area contributed by atoms with E-state index in [1.165, 1.54) is 7.05 Å². The third kappa shape index (κ3) is 3.29. The molecule has 0 radical (unpaired) electrons. The number of carbonyl (C=O) groups is 1. The number of amides is 1. The summed E-state index contributed by atoms with van der Waals surface area (Å²) >= 11 is 3.37. The van der Waals surface area contributed by atoms with Crippen molar-refractivity contribution in [3.63, 3.8) is 0 Å². The lowest BCUT2D eigenvalue weighted by Gasteiger charge is -2.24. The molecule has 0 fully saturated rings. The SMILES string of the molecule is COC(CBr)c1ccc2c(c1C(O)CN(C)C(=O)O)OCO2. The van der Waals surface area contributed by atoms with Crippen molar-refractivity contribution < 1.29 is 29.2 Å². The quantitative estimate of drug-likeness (QED) is 0.740. The van der Waals surface area contributed by atoms with Crippen LogP contribution in [-0.4, -0.2) is 54.0 Å². The van der Waals surface area contributed by atoms with Crippen molar-refractivity contribution >= 4 is 22.0 Å². The maximum atomic E-state index is 11.0. The highest BCUT2D eigenvalue weighted by Gasteiger charge is 2.29. The van der Waals surface area contributed by atoms with Crippen molar-refractivity contribution in [2.75, 3.05) is 32.8 Å². The number of rotatable bonds is 6. The number of likely N-dealkylation sites (N-methyl/N-ethyl adjacent to an activating group) is 1. The van der Waals surface area contributed by atoms with Gasteiger partial charge in [-0.2, -0.15) is 0 Å². The maximum absolute atomic E-state index is 11.0. The second-order valence-electron chi connectivity index (χ2n) is 4.86. The maximum Gasteiger partial charge on any atom is 0.407 e. The summed E-state index contributed by atoms with van der Waals surface area (Å²) in [5.74, 6) is 0.965. The molecule has 8 heteroatoms. The van der Waals surface area contributed by atoms with Gasteiger partial charge < -0.3 is 29.3 Å². The first-order chi connectivity index (χ1) is 10.5. The van der Waals surface area contributed by atoms with Crippen molar-refractivity contribution in [2.45, 2.75) is 12.2 Å². The Balaban J connectivity index is 2.42. The van der Waals surface area contributed by atoms with Crippen LogP contribution in [0.2, 0.25) is 0 Å². The van der Waals surface area contributed by atoms with Crippen molar-refractivity contribution in [1.82, 2.24) is 4.90 Å². The van der Waals surface area contributed by atoms with E-state index in [9.17, 15) is 9.90 Å². The number of aliphatic hydroxyl groups excluding tert-OH is 1. The van der Waals surface area contributed by atoms with Gasteiger partial charge in [0.25, 0.3) is 0 Å². The number of fused-ring (bicyclic) bond motifs is 1. The topological polar surface area (TPSA) is 88.5 Å². The second kappa shape index (κ2) is 7.17. The van der Waals surface area contributed by atoms with Crippen LogP contribution < -0.4 is 9.47 Å². The van der Waals surface area contributed by atoms with Gasteiger partial charge in [-0.1, -0.05) is 22.0 Å². The molecule has 0 saturated carbocycles. The molecular weight excluding hydrogens is 358 g/mol. The number of alkyl halides is 1. The Bertz CT molecular complexity index is 548. The molecule has 0 spiro atoms. The fourth-order valence-corrected chi connectivity index (χ4v) is 2.95. The molecule has 1 aromatic carbocycles. The smallest absolute Gasteiger partial charge is 0.407 e. The third-order valence-electron chi connectivity index (χ3n) is 3.49. The average Bonchev–Trinajstić information content (AvgIpc) is 2.96. The van der Waals surface area contributed by atoms with Gasteiger partial charge in [0, 0.05) is 25.1 Å². The first-order valence-corrected chi connectivity index (χ1v) is 7.75. The first kappa shape index (κ1) is 16.9. The molecule has 1 aliphatic heterocycles. The van der Waals surface area contributed by atoms with Crippen LogP contribution in [0.4, 0.5) is 4.79 Å². The number of methoxy groups -OCH3 is 1. The lowest BCUT2D eigenvalue weighted by atomic mass is 9.96. The monoisotopic (exact) mass is 375 g/mol. The van der Waals surface area contributed by atoms with Crippen LogP contribution in [0.5, 0.6) is 11.5 Å². The Labute approximate surface area is 136 Å². The number of benzene rings is 1. The van der Waals surface area contributed by atoms with E-state index in [2.05, 4.69) is 15.9 Å². The van der Waals surface area contributed by atoms with Crippen molar-refractivity contribution in [3.05, 3.63) is 23.3 Å². The fourth-order valence-electron chi connectivity index (χ4n) is 2.34. The summed E-state index contributed by atoms with van der Waals surface area (Å²) in [5, 5.41) is 20.0. The van der Waals surface area contributed by atoms with E-state index in [0.29, 0.717) is 22.4 Å². The van der Waals surface area contributed by atoms with E-state index in [4.69, 9.17) is 19.3 Å². The standard InChI is InChI=1S/C14H18BrNO6/c1-16(14(18)19)6-9(17)12-8(11(5-15)20-2)3-4-10-13(12)22-7-21-10/h3-4,9,11,17H,5-7H2,1-2H3,(H,18,19). The zero-order valence-electron chi connectivity index (χ0n) is 12.3. The first-order valence-electron chi connectivity index (χ1n) is 6.62. The zero-order chi connectivity index (χ0) is 16.3. The van der Waals surface area contributed by atoms with E-state index in [1.807, 2.05) is 0 Å². The third-order valence-corrected chi connectivity index (χ3v) is 4.08. The molecule has 0 bridgehead atoms. The molecule has 0 saturated heterocycles. The predicted octanol–water partition coefficient (Wildman–Crippen LogP) is 2.14. The molecule has 2 N–H and O–H groups in total. The molecule has 2 unspecified atom stereocenters. The van der Waals surface area contributed by atoms with Crippen LogP contribution in [0.3, 0.4) is 0 Å². The van der Waals surface area contributed by atoms with Crippen LogP contribution in [-0.2, 0) is 4.74 Å². The summed E-state index contributed by atoms with van der Waals surface area (Å²) in [6.45, 7) is -0.0138. The van der Waals surface area contributed by atoms with Crippen molar-refractivity contribution in [3.8, 4) is 11.5 Å². The van der Waals surface area contributed by atoms with Gasteiger partial charge in [0.15, 0.2) is 11.5 Å². The number of halogens is 1. The number of carboxylic acid groups (broad SMARTS) is 1. The van der Waals surface area contributed by atoms with E-state index < -0.39 is 12.2 Å². The Hall–Kier alpha value is -1.51. The van der Waals surface area contributed by atoms with Gasteiger partial charge in [0.1, 0.15) is 6.10 Å². The highest BCUT2D eigenvalue weighted by atomic mass is 79.9. The molecule has 2 rings (SSSR count). The fraction of sp³-hybridized carbons (Fsp3) is 0.500. The average molecular weight is 376 g/mol. The highest BCUT2D eigenvalue weighted by Crippen LogP contribution is 2.43. The lowest BCUT2D eigenvalue weighted by Crippen LogP contribution is -2.30. The van der Waals surface area contributed by atoms with Gasteiger partial charge >= 0.3 is 6.09 Å². The summed E-state index contributed by atoms with van der Waals surface area (Å²) in [6.07, 6.45) is -2.46. The highest BCUT2D eigenvalue weighted by molar-refractivity contribution is 9.09. The van der Waals surface area contributed by atoms with E-state index in [1.54, 1.807) is 19.2 Å². The summed E-state index contributed by atoms with van der Waals surface area (Å²) in [7, 11) is 2.96. The predicted molar refractivity (Wildman–Crippen MR) is 81.7 cm³/mol. The Morgan fingerprint density at radius 1 is 1.50 bits per heavy atom. The molecule has 1 aromatic rings. The van der Waals surface area contributed by atoms with E-state index in [-0.39, 0.29) is 19.4 Å². The number of hydrogen-bond donors (Lipinski definition) is 2. The summed E-state index contributed by atoms with van der Waals surface area (Å²) < 4.78 is 16.2. The Kier molecular flexibility index (Phi) is 5.49. The minimum atomic E-state index is -1.12. The van der Waals surface area contributed by atoms with Crippen LogP contribution in [0.25, 0.3) is 0 Å². The van der Waals surface area contributed by atoms with Crippen LogP contribution in [0.15, 0.2) is 12.1 Å². The number of aliphatic hydroxyl groups is 1. The Morgan fingerprint density at radius 2 is 2.23 bits per heavy atom. The number of hydrogen-bond acceptors (Lipinski definition) is 5. The molecule has 7 nitrogen and oxygen atoms in total. The minimum absolute atomic E-state index is 0.0687. The van der Waals surface area contributed by atoms with Gasteiger partial charge in [0.05, 0.1) is 12.6 Å². The molecule has 0 aliphatic carbocycles. The van der Waals surface area contributed by atoms with Gasteiger partial charge in [0.2, 0.25) is 6.79 Å². The second-order valence-corrected chi connectivity index (χ2v) is 5.51. The molecular formula is C14H18BrNO6. The summed E-state index contributed by atoms with van der Waals surface area (Å²) in [5.41, 5.74) is 1.23. The molecule has 22 heavy (non-hydrogen) atoms. The normalized spacial score (nSPS) is 15.5. The van der Waals surface area contributed by atoms with Crippen molar-refractivity contribution in [1.29, 1.82) is 0 Å². The van der Waals surface area contributed by atoms with Gasteiger partial charge in [-0.3, -0.25) is 0 Å². The summed E-state index contributed by atoms with van der Waals surface area (Å²) in [4.78, 5) is 12.0. The molecule has 1 amide bonds.